The molecule has 5 rings (SSSR count). The number of nitrogens with one attached hydrogen (secondary N) is 1. The second-order valence-corrected chi connectivity index (χ2v) is 8.44. The van der Waals surface area contributed by atoms with E-state index in [0.717, 1.165) is 6.20 Å². The average molecular weight is 558 g/mol. The molecule has 4 heterocycles. The molecule has 4 aromatic heterocycles. The van der Waals surface area contributed by atoms with E-state index in [1.807, 2.05) is 0 Å². The Morgan fingerprint density at radius 3 is 2.47 bits per heavy atom. The third-order valence-electron chi connectivity index (χ3n) is 5.32. The number of halogens is 4. The largest absolute Gasteiger partial charge is 0.434 e. The van der Waals surface area contributed by atoms with Crippen molar-refractivity contribution in [3.05, 3.63) is 76.5 Å². The lowest BCUT2D eigenvalue weighted by Crippen LogP contribution is -2.21. The van der Waals surface area contributed by atoms with Crippen LogP contribution in [0.5, 0.6) is 0 Å². The number of nitrogens with two attached hydrogens (primary N) is 1. The first-order chi connectivity index (χ1) is 17.1. The number of anilines is 2. The lowest BCUT2D eigenvalue weighted by molar-refractivity contribution is -0.143. The minimum absolute atomic E-state index is 0.0304. The maximum absolute atomic E-state index is 14.2. The number of rotatable bonds is 4. The van der Waals surface area contributed by atoms with Gasteiger partial charge in [-0.05, 0) is 28.9 Å². The number of amides is 1. The first kappa shape index (κ1) is 23.4. The van der Waals surface area contributed by atoms with E-state index in [4.69, 9.17) is 5.73 Å². The molecule has 36 heavy (non-hydrogen) atoms. The molecular formula is C22H15BrF3N9O. The fourth-order valence-corrected chi connectivity index (χ4v) is 4.16. The minimum atomic E-state index is -4.91. The third-order valence-corrected chi connectivity index (χ3v) is 5.90. The zero-order chi connectivity index (χ0) is 25.6. The van der Waals surface area contributed by atoms with E-state index in [0.29, 0.717) is 31.4 Å². The van der Waals surface area contributed by atoms with Gasteiger partial charge in [0.1, 0.15) is 5.82 Å². The van der Waals surface area contributed by atoms with Crippen LogP contribution in [0.4, 0.5) is 24.7 Å². The van der Waals surface area contributed by atoms with E-state index in [9.17, 15) is 18.0 Å². The number of carbonyl (C=O) groups is 1. The van der Waals surface area contributed by atoms with Crippen LogP contribution in [0.3, 0.4) is 0 Å². The number of nitrogen functional groups attached to an aromatic ring is 1. The number of carbonyl (C=O) groups excluding carboxylic acids is 1. The molecule has 1 aromatic carbocycles. The fraction of sp³-hybridized carbons (Fsp3) is 0.0909. The smallest absolute Gasteiger partial charge is 0.383 e. The van der Waals surface area contributed by atoms with E-state index in [1.165, 1.54) is 29.5 Å². The predicted octanol–water partition coefficient (Wildman–Crippen LogP) is 4.32. The van der Waals surface area contributed by atoms with Crippen molar-refractivity contribution >= 4 is 44.1 Å². The van der Waals surface area contributed by atoms with Crippen LogP contribution in [0.2, 0.25) is 0 Å². The summed E-state index contributed by atoms with van der Waals surface area (Å²) >= 11 is 3.33. The van der Waals surface area contributed by atoms with Crippen LogP contribution in [0.15, 0.2) is 59.6 Å². The molecule has 10 nitrogen and oxygen atoms in total. The number of hydrogen-bond acceptors (Lipinski definition) is 7. The molecule has 0 radical (unpaired) electrons. The Bertz CT molecular complexity index is 1610. The van der Waals surface area contributed by atoms with Crippen molar-refractivity contribution in [1.29, 1.82) is 0 Å². The Morgan fingerprint density at radius 1 is 1.08 bits per heavy atom. The number of hydrogen-bond donors (Lipinski definition) is 2. The van der Waals surface area contributed by atoms with Crippen molar-refractivity contribution in [1.82, 2.24) is 34.7 Å². The van der Waals surface area contributed by atoms with Gasteiger partial charge in [0.25, 0.3) is 5.91 Å². The normalized spacial score (nSPS) is 11.7. The van der Waals surface area contributed by atoms with Crippen LogP contribution < -0.4 is 11.1 Å². The molecule has 182 valence electrons. The molecule has 5 aromatic rings. The van der Waals surface area contributed by atoms with E-state index in [1.54, 1.807) is 31.2 Å². The highest BCUT2D eigenvalue weighted by atomic mass is 79.9. The Morgan fingerprint density at radius 2 is 1.78 bits per heavy atom. The third kappa shape index (κ3) is 4.04. The van der Waals surface area contributed by atoms with Crippen molar-refractivity contribution < 1.29 is 18.0 Å². The highest BCUT2D eigenvalue weighted by Crippen LogP contribution is 2.36. The lowest BCUT2D eigenvalue weighted by Gasteiger charge is -2.15. The van der Waals surface area contributed by atoms with Crippen LogP contribution >= 0.6 is 15.9 Å². The SMILES string of the molecule is Cc1nc(-n2nccn2)c(Br)cc1NC(=O)c1cnn(-c2cnc(N)c3ccccc23)c1C(F)(F)F. The molecular weight excluding hydrogens is 543 g/mol. The summed E-state index contributed by atoms with van der Waals surface area (Å²) in [5.41, 5.74) is 4.54. The molecule has 0 aliphatic carbocycles. The Kier molecular flexibility index (Phi) is 5.67. The van der Waals surface area contributed by atoms with Gasteiger partial charge < -0.3 is 11.1 Å². The number of aryl methyl sites for hydroxylation is 1. The molecule has 0 spiro atoms. The van der Waals surface area contributed by atoms with Crippen molar-refractivity contribution in [2.24, 2.45) is 0 Å². The fourth-order valence-electron chi connectivity index (χ4n) is 3.69. The van der Waals surface area contributed by atoms with Gasteiger partial charge in [0.15, 0.2) is 11.5 Å². The van der Waals surface area contributed by atoms with E-state index in [-0.39, 0.29) is 17.2 Å². The zero-order valence-electron chi connectivity index (χ0n) is 18.3. The Balaban J connectivity index is 1.57. The quantitative estimate of drug-likeness (QED) is 0.336. The van der Waals surface area contributed by atoms with Gasteiger partial charge in [-0.1, -0.05) is 24.3 Å². The highest BCUT2D eigenvalue weighted by molar-refractivity contribution is 9.10. The second kappa shape index (κ2) is 8.71. The summed E-state index contributed by atoms with van der Waals surface area (Å²) in [6.45, 7) is 1.59. The summed E-state index contributed by atoms with van der Waals surface area (Å²) in [6.07, 6.45) is 0.0810. The number of alkyl halides is 3. The summed E-state index contributed by atoms with van der Waals surface area (Å²) in [7, 11) is 0. The second-order valence-electron chi connectivity index (χ2n) is 7.59. The molecule has 0 unspecified atom stereocenters. The van der Waals surface area contributed by atoms with Crippen LogP contribution in [-0.4, -0.2) is 40.6 Å². The first-order valence-corrected chi connectivity index (χ1v) is 11.1. The average Bonchev–Trinajstić information content (AvgIpc) is 3.52. The van der Waals surface area contributed by atoms with Gasteiger partial charge in [-0.2, -0.15) is 28.5 Å². The molecule has 1 amide bonds. The predicted molar refractivity (Wildman–Crippen MR) is 128 cm³/mol. The van der Waals surface area contributed by atoms with Crippen molar-refractivity contribution in [3.63, 3.8) is 0 Å². The van der Waals surface area contributed by atoms with Crippen molar-refractivity contribution in [2.75, 3.05) is 11.1 Å². The molecule has 0 bridgehead atoms. The number of aromatic nitrogens is 7. The number of benzene rings is 1. The molecule has 3 N–H and O–H groups in total. The Hall–Kier alpha value is -4.33. The van der Waals surface area contributed by atoms with Crippen LogP contribution in [0.25, 0.3) is 22.3 Å². The van der Waals surface area contributed by atoms with Gasteiger partial charge in [-0.15, -0.1) is 4.80 Å². The van der Waals surface area contributed by atoms with Gasteiger partial charge in [0.05, 0.1) is 51.9 Å². The molecule has 0 fully saturated rings. The first-order valence-electron chi connectivity index (χ1n) is 10.3. The van der Waals surface area contributed by atoms with Gasteiger partial charge in [0, 0.05) is 10.8 Å². The van der Waals surface area contributed by atoms with Crippen molar-refractivity contribution in [2.45, 2.75) is 13.1 Å². The highest BCUT2D eigenvalue weighted by Gasteiger charge is 2.41. The summed E-state index contributed by atoms with van der Waals surface area (Å²) < 4.78 is 43.8. The van der Waals surface area contributed by atoms with E-state index in [2.05, 4.69) is 46.5 Å². The molecule has 14 heteroatoms. The summed E-state index contributed by atoms with van der Waals surface area (Å²) in [4.78, 5) is 22.7. The Labute approximate surface area is 209 Å². The van der Waals surface area contributed by atoms with E-state index >= 15 is 0 Å². The maximum atomic E-state index is 14.2. The maximum Gasteiger partial charge on any atom is 0.434 e. The van der Waals surface area contributed by atoms with Crippen LogP contribution in [0, 0.1) is 6.92 Å². The summed E-state index contributed by atoms with van der Waals surface area (Å²) in [5, 5.41) is 15.2. The number of nitrogens with zero attached hydrogens (tertiary/aromatic N) is 7. The molecule has 0 saturated carbocycles. The zero-order valence-corrected chi connectivity index (χ0v) is 19.9. The van der Waals surface area contributed by atoms with Gasteiger partial charge in [0.2, 0.25) is 0 Å². The summed E-state index contributed by atoms with van der Waals surface area (Å²) in [6, 6.07) is 8.10. The number of fused-ring (bicyclic) bond motifs is 1. The van der Waals surface area contributed by atoms with Crippen LogP contribution in [-0.2, 0) is 6.18 Å². The van der Waals surface area contributed by atoms with Gasteiger partial charge in [-0.3, -0.25) is 4.79 Å². The molecule has 0 atom stereocenters. The van der Waals surface area contributed by atoms with Crippen molar-refractivity contribution in [3.8, 4) is 11.5 Å². The topological polar surface area (TPSA) is 129 Å². The molecule has 0 aliphatic rings. The standard InChI is InChI=1S/C22H15BrF3N9O/c1-11-16(8-15(23)20(32-11)35-29-6-7-30-35)33-21(36)14-9-31-34(18(14)22(24,25)26)17-10-28-19(27)13-5-3-2-4-12(13)17/h2-10H,1H3,(H2,27,28)(H,33,36). The molecule has 0 aliphatic heterocycles. The van der Waals surface area contributed by atoms with Gasteiger partial charge in [-0.25, -0.2) is 14.6 Å². The van der Waals surface area contributed by atoms with Gasteiger partial charge >= 0.3 is 6.18 Å². The lowest BCUT2D eigenvalue weighted by atomic mass is 10.1. The number of pyridine rings is 2. The summed E-state index contributed by atoms with van der Waals surface area (Å²) in [5.74, 6) is -0.500. The monoisotopic (exact) mass is 557 g/mol. The van der Waals surface area contributed by atoms with Crippen LogP contribution in [0.1, 0.15) is 21.7 Å². The van der Waals surface area contributed by atoms with E-state index < -0.39 is 23.3 Å². The minimum Gasteiger partial charge on any atom is -0.383 e. The molecule has 0 saturated heterocycles.